The first-order valence-electron chi connectivity index (χ1n) is 7.71. The molecule has 0 aromatic heterocycles. The van der Waals surface area contributed by atoms with Crippen molar-refractivity contribution >= 4 is 17.4 Å². The standard InChI is InChI=1S/C18H22ClFO2/c1-4-6-9-18(8-5-2)10-7-12-13(17(18)21)11-14(20)16(22-3)15(12)19/h5,11H,2,4,6-10H2,1,3H3. The first kappa shape index (κ1) is 17.0. The predicted molar refractivity (Wildman–Crippen MR) is 87.4 cm³/mol. The molecule has 0 amide bonds. The lowest BCUT2D eigenvalue weighted by atomic mass is 9.66. The summed E-state index contributed by atoms with van der Waals surface area (Å²) >= 11 is 6.23. The molecule has 1 aliphatic carbocycles. The van der Waals surface area contributed by atoms with Gasteiger partial charge in [-0.1, -0.05) is 37.4 Å². The van der Waals surface area contributed by atoms with E-state index in [9.17, 15) is 9.18 Å². The highest BCUT2D eigenvalue weighted by Gasteiger charge is 2.42. The number of ether oxygens (including phenoxy) is 1. The van der Waals surface area contributed by atoms with Gasteiger partial charge in [-0.15, -0.1) is 6.58 Å². The van der Waals surface area contributed by atoms with Crippen molar-refractivity contribution in [1.82, 2.24) is 0 Å². The molecule has 120 valence electrons. The molecule has 1 aromatic carbocycles. The predicted octanol–water partition coefficient (Wildman–Crippen LogP) is 5.37. The fourth-order valence-corrected chi connectivity index (χ4v) is 3.73. The summed E-state index contributed by atoms with van der Waals surface area (Å²) in [6.45, 7) is 5.89. The van der Waals surface area contributed by atoms with Crippen LogP contribution in [0, 0.1) is 11.2 Å². The number of unbranched alkanes of at least 4 members (excludes halogenated alkanes) is 1. The Bertz CT molecular complexity index is 597. The zero-order chi connectivity index (χ0) is 16.3. The van der Waals surface area contributed by atoms with Crippen molar-refractivity contribution in [2.75, 3.05) is 7.11 Å². The van der Waals surface area contributed by atoms with Crippen LogP contribution in [-0.4, -0.2) is 12.9 Å². The van der Waals surface area contributed by atoms with Crippen LogP contribution in [0.3, 0.4) is 0 Å². The van der Waals surface area contributed by atoms with Crippen molar-refractivity contribution in [2.45, 2.75) is 45.4 Å². The van der Waals surface area contributed by atoms with Crippen LogP contribution in [-0.2, 0) is 6.42 Å². The summed E-state index contributed by atoms with van der Waals surface area (Å²) in [4.78, 5) is 13.0. The molecule has 0 radical (unpaired) electrons. The summed E-state index contributed by atoms with van der Waals surface area (Å²) in [5.41, 5.74) is 0.656. The molecule has 0 heterocycles. The van der Waals surface area contributed by atoms with Crippen LogP contribution in [0.1, 0.15) is 54.9 Å². The van der Waals surface area contributed by atoms with Crippen molar-refractivity contribution in [3.63, 3.8) is 0 Å². The molecule has 0 N–H and O–H groups in total. The number of benzene rings is 1. The Kier molecular flexibility index (Phi) is 5.28. The van der Waals surface area contributed by atoms with E-state index in [4.69, 9.17) is 16.3 Å². The summed E-state index contributed by atoms with van der Waals surface area (Å²) in [7, 11) is 1.38. The highest BCUT2D eigenvalue weighted by Crippen LogP contribution is 2.46. The van der Waals surface area contributed by atoms with E-state index in [1.54, 1.807) is 6.08 Å². The average molecular weight is 325 g/mol. The molecule has 4 heteroatoms. The molecule has 1 aliphatic rings. The monoisotopic (exact) mass is 324 g/mol. The van der Waals surface area contributed by atoms with Gasteiger partial charge < -0.3 is 4.74 Å². The Morgan fingerprint density at radius 3 is 2.86 bits per heavy atom. The number of allylic oxidation sites excluding steroid dienone is 1. The first-order valence-corrected chi connectivity index (χ1v) is 8.09. The molecule has 0 saturated heterocycles. The second-order valence-corrected chi connectivity index (χ2v) is 6.32. The Hall–Kier alpha value is -1.35. The second kappa shape index (κ2) is 6.82. The summed E-state index contributed by atoms with van der Waals surface area (Å²) in [5.74, 6) is -0.562. The summed E-state index contributed by atoms with van der Waals surface area (Å²) in [6.07, 6.45) is 6.60. The molecule has 2 nitrogen and oxygen atoms in total. The number of fused-ring (bicyclic) bond motifs is 1. The number of carbonyl (C=O) groups is 1. The van der Waals surface area contributed by atoms with Gasteiger partial charge in [-0.25, -0.2) is 4.39 Å². The Balaban J connectivity index is 2.50. The van der Waals surface area contributed by atoms with E-state index in [0.717, 1.165) is 25.7 Å². The van der Waals surface area contributed by atoms with Crippen LogP contribution in [0.4, 0.5) is 4.39 Å². The van der Waals surface area contributed by atoms with Gasteiger partial charge in [-0.3, -0.25) is 4.79 Å². The maximum Gasteiger partial charge on any atom is 0.173 e. The summed E-state index contributed by atoms with van der Waals surface area (Å²) < 4.78 is 19.1. The van der Waals surface area contributed by atoms with Crippen LogP contribution in [0.5, 0.6) is 5.75 Å². The topological polar surface area (TPSA) is 26.3 Å². The van der Waals surface area contributed by atoms with E-state index in [1.165, 1.54) is 13.2 Å². The molecule has 1 aromatic rings. The van der Waals surface area contributed by atoms with Gasteiger partial charge >= 0.3 is 0 Å². The lowest BCUT2D eigenvalue weighted by Crippen LogP contribution is -2.36. The van der Waals surface area contributed by atoms with Crippen molar-refractivity contribution in [3.05, 3.63) is 40.7 Å². The average Bonchev–Trinajstić information content (AvgIpc) is 2.50. The fourth-order valence-electron chi connectivity index (χ4n) is 3.36. The van der Waals surface area contributed by atoms with E-state index >= 15 is 0 Å². The van der Waals surface area contributed by atoms with Crippen LogP contribution in [0.2, 0.25) is 5.02 Å². The molecule has 0 spiro atoms. The van der Waals surface area contributed by atoms with Crippen LogP contribution in [0.15, 0.2) is 18.7 Å². The molecule has 0 aliphatic heterocycles. The van der Waals surface area contributed by atoms with Gasteiger partial charge in [0.05, 0.1) is 12.1 Å². The molecular weight excluding hydrogens is 303 g/mol. The van der Waals surface area contributed by atoms with E-state index in [-0.39, 0.29) is 16.6 Å². The van der Waals surface area contributed by atoms with Crippen molar-refractivity contribution in [3.8, 4) is 5.75 Å². The van der Waals surface area contributed by atoms with Gasteiger partial charge in [0.25, 0.3) is 0 Å². The third-order valence-electron chi connectivity index (χ3n) is 4.61. The number of hydrogen-bond acceptors (Lipinski definition) is 2. The molecule has 22 heavy (non-hydrogen) atoms. The zero-order valence-corrected chi connectivity index (χ0v) is 13.9. The third-order valence-corrected chi connectivity index (χ3v) is 5.01. The van der Waals surface area contributed by atoms with Gasteiger partial charge in [0.2, 0.25) is 0 Å². The molecule has 0 fully saturated rings. The SMILES string of the molecule is C=CCC1(CCCC)CCc2c(cc(F)c(OC)c2Cl)C1=O. The van der Waals surface area contributed by atoms with Gasteiger partial charge in [0, 0.05) is 11.0 Å². The molecule has 0 bridgehead atoms. The van der Waals surface area contributed by atoms with E-state index in [2.05, 4.69) is 13.5 Å². The highest BCUT2D eigenvalue weighted by atomic mass is 35.5. The number of hydrogen-bond donors (Lipinski definition) is 0. The summed E-state index contributed by atoms with van der Waals surface area (Å²) in [5, 5.41) is 0.230. The molecule has 0 saturated carbocycles. The lowest BCUT2D eigenvalue weighted by Gasteiger charge is -2.36. The van der Waals surface area contributed by atoms with E-state index in [0.29, 0.717) is 24.0 Å². The van der Waals surface area contributed by atoms with Gasteiger partial charge in [-0.2, -0.15) is 0 Å². The lowest BCUT2D eigenvalue weighted by molar-refractivity contribution is 0.0736. The normalized spacial score (nSPS) is 20.6. The maximum absolute atomic E-state index is 14.1. The largest absolute Gasteiger partial charge is 0.492 e. The third kappa shape index (κ3) is 2.79. The molecular formula is C18H22ClFO2. The Morgan fingerprint density at radius 2 is 2.27 bits per heavy atom. The zero-order valence-electron chi connectivity index (χ0n) is 13.2. The van der Waals surface area contributed by atoms with Crippen LogP contribution < -0.4 is 4.74 Å². The van der Waals surface area contributed by atoms with Crippen molar-refractivity contribution in [2.24, 2.45) is 5.41 Å². The van der Waals surface area contributed by atoms with Gasteiger partial charge in [0.1, 0.15) is 0 Å². The molecule has 1 unspecified atom stereocenters. The number of Topliss-reactive ketones (excluding diaryl/α,β-unsaturated/α-hetero) is 1. The van der Waals surface area contributed by atoms with Gasteiger partial charge in [-0.05, 0) is 37.3 Å². The van der Waals surface area contributed by atoms with Crippen LogP contribution in [0.25, 0.3) is 0 Å². The Labute approximate surface area is 136 Å². The minimum atomic E-state index is -0.579. The highest BCUT2D eigenvalue weighted by molar-refractivity contribution is 6.33. The quantitative estimate of drug-likeness (QED) is 0.658. The molecule has 2 rings (SSSR count). The Morgan fingerprint density at radius 1 is 1.55 bits per heavy atom. The second-order valence-electron chi connectivity index (χ2n) is 5.94. The number of halogens is 2. The summed E-state index contributed by atoms with van der Waals surface area (Å²) in [6, 6.07) is 1.28. The minimum Gasteiger partial charge on any atom is -0.492 e. The number of rotatable bonds is 6. The first-order chi connectivity index (χ1) is 10.5. The van der Waals surface area contributed by atoms with Crippen molar-refractivity contribution < 1.29 is 13.9 Å². The minimum absolute atomic E-state index is 0.00875. The fraction of sp³-hybridized carbons (Fsp3) is 0.500. The van der Waals surface area contributed by atoms with E-state index < -0.39 is 11.2 Å². The smallest absolute Gasteiger partial charge is 0.173 e. The van der Waals surface area contributed by atoms with Gasteiger partial charge in [0.15, 0.2) is 17.3 Å². The van der Waals surface area contributed by atoms with E-state index in [1.807, 2.05) is 0 Å². The number of ketones is 1. The van der Waals surface area contributed by atoms with Crippen molar-refractivity contribution in [1.29, 1.82) is 0 Å². The van der Waals surface area contributed by atoms with Crippen LogP contribution >= 0.6 is 11.6 Å². The maximum atomic E-state index is 14.1. The number of carbonyl (C=O) groups excluding carboxylic acids is 1. The molecule has 1 atom stereocenters. The number of methoxy groups -OCH3 is 1.